The molecule has 0 radical (unpaired) electrons. The molecule has 1 amide bonds. The Morgan fingerprint density at radius 2 is 1.85 bits per heavy atom. The molecule has 1 rings (SSSR count). The fourth-order valence-corrected chi connectivity index (χ4v) is 1.65. The van der Waals surface area contributed by atoms with Gasteiger partial charge in [-0.2, -0.15) is 0 Å². The summed E-state index contributed by atoms with van der Waals surface area (Å²) in [6.45, 7) is 8.91. The van der Waals surface area contributed by atoms with Gasteiger partial charge in [0.2, 0.25) is 5.91 Å². The van der Waals surface area contributed by atoms with Gasteiger partial charge in [0.25, 0.3) is 0 Å². The topological polar surface area (TPSA) is 55.6 Å². The van der Waals surface area contributed by atoms with Gasteiger partial charge in [-0.1, -0.05) is 38.5 Å². The summed E-state index contributed by atoms with van der Waals surface area (Å²) in [5, 5.41) is 0. The molecule has 0 unspecified atom stereocenters. The maximum atomic E-state index is 12.1. The summed E-state index contributed by atoms with van der Waals surface area (Å²) in [6.07, 6.45) is 0. The van der Waals surface area contributed by atoms with Crippen LogP contribution in [0.3, 0.4) is 0 Å². The van der Waals surface area contributed by atoms with E-state index in [1.807, 2.05) is 52.0 Å². The molecule has 1 atom stereocenters. The summed E-state index contributed by atoms with van der Waals surface area (Å²) in [5.41, 5.74) is 6.92. The fraction of sp³-hybridized carbons (Fsp3) is 0.562. The molecule has 4 heteroatoms. The van der Waals surface area contributed by atoms with Gasteiger partial charge in [0.15, 0.2) is 0 Å². The molecule has 0 bridgehead atoms. The van der Waals surface area contributed by atoms with Crippen LogP contribution in [0.25, 0.3) is 0 Å². The Morgan fingerprint density at radius 3 is 2.35 bits per heavy atom. The molecule has 112 valence electrons. The molecule has 1 aromatic rings. The van der Waals surface area contributed by atoms with Crippen LogP contribution in [0.1, 0.15) is 26.3 Å². The standard InChI is InChI=1S/C16H26N2O2/c1-12-6-8-13(9-7-12)20-11-10-18(5)15(19)14(17)16(2,3)4/h6-9,14H,10-11,17H2,1-5H3/t14-/m1/s1. The number of nitrogens with zero attached hydrogens (tertiary/aromatic N) is 1. The molecule has 0 aliphatic heterocycles. The molecule has 4 nitrogen and oxygen atoms in total. The molecule has 0 saturated heterocycles. The first-order valence-corrected chi connectivity index (χ1v) is 6.92. The third-order valence-corrected chi connectivity index (χ3v) is 3.29. The van der Waals surface area contributed by atoms with Crippen LogP contribution in [-0.2, 0) is 4.79 Å². The lowest BCUT2D eigenvalue weighted by Gasteiger charge is -2.29. The van der Waals surface area contributed by atoms with Crippen LogP contribution < -0.4 is 10.5 Å². The number of benzene rings is 1. The molecule has 1 aromatic carbocycles. The predicted molar refractivity (Wildman–Crippen MR) is 81.7 cm³/mol. The van der Waals surface area contributed by atoms with E-state index in [-0.39, 0.29) is 11.3 Å². The zero-order chi connectivity index (χ0) is 15.3. The number of carbonyl (C=O) groups excluding carboxylic acids is 1. The number of likely N-dealkylation sites (N-methyl/N-ethyl adjacent to an activating group) is 1. The van der Waals surface area contributed by atoms with Crippen LogP contribution in [-0.4, -0.2) is 37.0 Å². The third-order valence-electron chi connectivity index (χ3n) is 3.29. The molecule has 0 saturated carbocycles. The molecule has 2 N–H and O–H groups in total. The summed E-state index contributed by atoms with van der Waals surface area (Å²) < 4.78 is 5.61. The number of amides is 1. The third kappa shape index (κ3) is 4.85. The van der Waals surface area contributed by atoms with Crippen molar-refractivity contribution in [3.05, 3.63) is 29.8 Å². The molecule has 0 fully saturated rings. The molecule has 0 aliphatic rings. The fourth-order valence-electron chi connectivity index (χ4n) is 1.65. The SMILES string of the molecule is Cc1ccc(OCCN(C)C(=O)[C@@H](N)C(C)(C)C)cc1. The second-order valence-corrected chi connectivity index (χ2v) is 6.27. The van der Waals surface area contributed by atoms with Gasteiger partial charge in [-0.15, -0.1) is 0 Å². The van der Waals surface area contributed by atoms with E-state index in [0.29, 0.717) is 13.2 Å². The van der Waals surface area contributed by atoms with Gasteiger partial charge in [-0.05, 0) is 24.5 Å². The molecule has 0 heterocycles. The Labute approximate surface area is 121 Å². The van der Waals surface area contributed by atoms with E-state index in [9.17, 15) is 4.79 Å². The normalized spacial score (nSPS) is 12.9. The zero-order valence-electron chi connectivity index (χ0n) is 13.1. The van der Waals surface area contributed by atoms with Crippen molar-refractivity contribution >= 4 is 5.91 Å². The van der Waals surface area contributed by atoms with E-state index in [0.717, 1.165) is 5.75 Å². The van der Waals surface area contributed by atoms with Crippen molar-refractivity contribution in [3.63, 3.8) is 0 Å². The van der Waals surface area contributed by atoms with Gasteiger partial charge in [-0.3, -0.25) is 4.79 Å². The first kappa shape index (κ1) is 16.5. The molecule has 0 aromatic heterocycles. The largest absolute Gasteiger partial charge is 0.492 e. The van der Waals surface area contributed by atoms with Gasteiger partial charge in [0, 0.05) is 7.05 Å². The zero-order valence-corrected chi connectivity index (χ0v) is 13.1. The second-order valence-electron chi connectivity index (χ2n) is 6.27. The second kappa shape index (κ2) is 6.75. The van der Waals surface area contributed by atoms with Crippen molar-refractivity contribution in [3.8, 4) is 5.75 Å². The maximum Gasteiger partial charge on any atom is 0.239 e. The Kier molecular flexibility index (Phi) is 5.57. The van der Waals surface area contributed by atoms with Crippen LogP contribution in [0.2, 0.25) is 0 Å². The average Bonchev–Trinajstić information content (AvgIpc) is 2.38. The summed E-state index contributed by atoms with van der Waals surface area (Å²) in [6, 6.07) is 7.36. The van der Waals surface area contributed by atoms with E-state index in [1.54, 1.807) is 11.9 Å². The minimum atomic E-state index is -0.494. The van der Waals surface area contributed by atoms with Crippen molar-refractivity contribution in [2.75, 3.05) is 20.2 Å². The van der Waals surface area contributed by atoms with Gasteiger partial charge < -0.3 is 15.4 Å². The molecule has 0 aliphatic carbocycles. The first-order valence-electron chi connectivity index (χ1n) is 6.92. The van der Waals surface area contributed by atoms with E-state index >= 15 is 0 Å². The maximum absolute atomic E-state index is 12.1. The summed E-state index contributed by atoms with van der Waals surface area (Å²) in [4.78, 5) is 13.8. The van der Waals surface area contributed by atoms with E-state index < -0.39 is 6.04 Å². The Balaban J connectivity index is 2.41. The predicted octanol–water partition coefficient (Wildman–Crippen LogP) is 2.21. The summed E-state index contributed by atoms with van der Waals surface area (Å²) in [5.74, 6) is 0.765. The molecular weight excluding hydrogens is 252 g/mol. The van der Waals surface area contributed by atoms with Crippen molar-refractivity contribution in [2.24, 2.45) is 11.1 Å². The highest BCUT2D eigenvalue weighted by Gasteiger charge is 2.29. The quantitative estimate of drug-likeness (QED) is 0.898. The lowest BCUT2D eigenvalue weighted by Crippen LogP contribution is -2.49. The van der Waals surface area contributed by atoms with Gasteiger partial charge >= 0.3 is 0 Å². The number of nitrogens with two attached hydrogens (primary N) is 1. The van der Waals surface area contributed by atoms with Gasteiger partial charge in [0.1, 0.15) is 12.4 Å². The highest BCUT2D eigenvalue weighted by atomic mass is 16.5. The Hall–Kier alpha value is -1.55. The number of carbonyl (C=O) groups is 1. The Morgan fingerprint density at radius 1 is 1.30 bits per heavy atom. The van der Waals surface area contributed by atoms with Crippen molar-refractivity contribution in [1.82, 2.24) is 4.90 Å². The van der Waals surface area contributed by atoms with Crippen LogP contribution in [0.4, 0.5) is 0 Å². The van der Waals surface area contributed by atoms with E-state index in [1.165, 1.54) is 5.56 Å². The summed E-state index contributed by atoms with van der Waals surface area (Å²) >= 11 is 0. The number of hydrogen-bond donors (Lipinski definition) is 1. The lowest BCUT2D eigenvalue weighted by atomic mass is 9.86. The van der Waals surface area contributed by atoms with Crippen molar-refractivity contribution < 1.29 is 9.53 Å². The van der Waals surface area contributed by atoms with E-state index in [4.69, 9.17) is 10.5 Å². The van der Waals surface area contributed by atoms with Crippen molar-refractivity contribution in [1.29, 1.82) is 0 Å². The van der Waals surface area contributed by atoms with Gasteiger partial charge in [0.05, 0.1) is 12.6 Å². The Bertz CT molecular complexity index is 435. The molecule has 0 spiro atoms. The van der Waals surface area contributed by atoms with Crippen LogP contribution >= 0.6 is 0 Å². The highest BCUT2D eigenvalue weighted by Crippen LogP contribution is 2.18. The minimum absolute atomic E-state index is 0.0509. The monoisotopic (exact) mass is 278 g/mol. The molecule has 20 heavy (non-hydrogen) atoms. The number of aryl methyl sites for hydroxylation is 1. The number of ether oxygens (including phenoxy) is 1. The summed E-state index contributed by atoms with van der Waals surface area (Å²) in [7, 11) is 1.76. The van der Waals surface area contributed by atoms with Crippen LogP contribution in [0.5, 0.6) is 5.75 Å². The van der Waals surface area contributed by atoms with Crippen molar-refractivity contribution in [2.45, 2.75) is 33.7 Å². The lowest BCUT2D eigenvalue weighted by molar-refractivity contribution is -0.133. The molecular formula is C16H26N2O2. The highest BCUT2D eigenvalue weighted by molar-refractivity contribution is 5.82. The minimum Gasteiger partial charge on any atom is -0.492 e. The van der Waals surface area contributed by atoms with E-state index in [2.05, 4.69) is 0 Å². The average molecular weight is 278 g/mol. The smallest absolute Gasteiger partial charge is 0.239 e. The number of hydrogen-bond acceptors (Lipinski definition) is 3. The van der Waals surface area contributed by atoms with Crippen LogP contribution in [0.15, 0.2) is 24.3 Å². The van der Waals surface area contributed by atoms with Gasteiger partial charge in [-0.25, -0.2) is 0 Å². The number of rotatable bonds is 5. The van der Waals surface area contributed by atoms with Crippen LogP contribution in [0, 0.1) is 12.3 Å². The first-order chi connectivity index (χ1) is 9.21.